The van der Waals surface area contributed by atoms with Crippen molar-refractivity contribution in [2.24, 2.45) is 0 Å². The summed E-state index contributed by atoms with van der Waals surface area (Å²) in [7, 11) is -2.93. The Morgan fingerprint density at radius 3 is 2.78 bits per heavy atom. The molecule has 0 aliphatic carbocycles. The second kappa shape index (κ2) is 5.57. The summed E-state index contributed by atoms with van der Waals surface area (Å²) in [5, 5.41) is 4.46. The van der Waals surface area contributed by atoms with E-state index in [-0.39, 0.29) is 23.1 Å². The molecule has 0 saturated carbocycles. The molecule has 1 aromatic heterocycles. The third-order valence-corrected chi connectivity index (χ3v) is 6.99. The van der Waals surface area contributed by atoms with Gasteiger partial charge >= 0.3 is 0 Å². The van der Waals surface area contributed by atoms with E-state index in [0.717, 1.165) is 25.3 Å². The van der Waals surface area contributed by atoms with E-state index in [9.17, 15) is 8.42 Å². The molecule has 0 N–H and O–H groups in total. The van der Waals surface area contributed by atoms with Gasteiger partial charge in [-0.15, -0.1) is 0 Å². The van der Waals surface area contributed by atoms with Crippen LogP contribution < -0.4 is 0 Å². The monoisotopic (exact) mass is 341 g/mol. The second-order valence-electron chi connectivity index (χ2n) is 7.95. The van der Waals surface area contributed by atoms with E-state index in [0.29, 0.717) is 6.42 Å². The zero-order valence-corrected chi connectivity index (χ0v) is 15.3. The van der Waals surface area contributed by atoms with E-state index in [1.54, 1.807) is 0 Å². The van der Waals surface area contributed by atoms with Crippen molar-refractivity contribution in [2.75, 3.05) is 24.7 Å². The maximum absolute atomic E-state index is 11.8. The number of rotatable bonds is 3. The minimum Gasteiger partial charge on any atom is -0.375 e. The van der Waals surface area contributed by atoms with Crippen LogP contribution in [0.4, 0.5) is 0 Å². The first-order chi connectivity index (χ1) is 10.6. The molecule has 6 nitrogen and oxygen atoms in total. The molecule has 3 rings (SSSR count). The highest BCUT2D eigenvalue weighted by atomic mass is 32.2. The lowest BCUT2D eigenvalue weighted by molar-refractivity contribution is -0.0949. The Morgan fingerprint density at radius 2 is 2.13 bits per heavy atom. The summed E-state index contributed by atoms with van der Waals surface area (Å²) in [6.45, 7) is 10.9. The molecular formula is C16H27N3O3S. The van der Waals surface area contributed by atoms with Crippen molar-refractivity contribution in [2.45, 2.75) is 57.8 Å². The molecule has 1 aromatic rings. The van der Waals surface area contributed by atoms with Gasteiger partial charge in [-0.25, -0.2) is 8.42 Å². The molecule has 0 spiro atoms. The average Bonchev–Trinajstić information content (AvgIpc) is 3.00. The Bertz CT molecular complexity index is 682. The number of sulfone groups is 1. The van der Waals surface area contributed by atoms with Crippen molar-refractivity contribution in [3.63, 3.8) is 0 Å². The first-order valence-corrected chi connectivity index (χ1v) is 10.0. The third kappa shape index (κ3) is 3.46. The number of morpholine rings is 1. The summed E-state index contributed by atoms with van der Waals surface area (Å²) in [6.07, 6.45) is 4.75. The van der Waals surface area contributed by atoms with Crippen LogP contribution >= 0.6 is 0 Å². The van der Waals surface area contributed by atoms with Crippen molar-refractivity contribution in [1.29, 1.82) is 0 Å². The van der Waals surface area contributed by atoms with Crippen molar-refractivity contribution in [3.05, 3.63) is 18.0 Å². The molecule has 0 aromatic carbocycles. The fourth-order valence-corrected chi connectivity index (χ4v) is 5.58. The van der Waals surface area contributed by atoms with Crippen molar-refractivity contribution in [3.8, 4) is 0 Å². The molecule has 0 bridgehead atoms. The van der Waals surface area contributed by atoms with Gasteiger partial charge in [0.15, 0.2) is 9.84 Å². The Hall–Kier alpha value is -0.920. The largest absolute Gasteiger partial charge is 0.375 e. The van der Waals surface area contributed by atoms with Gasteiger partial charge in [-0.05, 0) is 34.1 Å². The predicted octanol–water partition coefficient (Wildman–Crippen LogP) is 1.42. The predicted molar refractivity (Wildman–Crippen MR) is 89.0 cm³/mol. The van der Waals surface area contributed by atoms with Gasteiger partial charge in [0.25, 0.3) is 0 Å². The molecule has 0 amide bonds. The summed E-state index contributed by atoms with van der Waals surface area (Å²) in [5.74, 6) is 0.438. The van der Waals surface area contributed by atoms with E-state index in [2.05, 4.69) is 30.8 Å². The van der Waals surface area contributed by atoms with Gasteiger partial charge in [0, 0.05) is 30.4 Å². The highest BCUT2D eigenvalue weighted by Gasteiger charge is 2.41. The van der Waals surface area contributed by atoms with Gasteiger partial charge in [0.2, 0.25) is 0 Å². The summed E-state index contributed by atoms with van der Waals surface area (Å²) in [5.41, 5.74) is 0.706. The minimum atomic E-state index is -2.93. The number of nitrogens with zero attached hydrogens (tertiary/aromatic N) is 3. The van der Waals surface area contributed by atoms with Gasteiger partial charge in [-0.1, -0.05) is 0 Å². The highest BCUT2D eigenvalue weighted by molar-refractivity contribution is 7.91. The fourth-order valence-electron chi connectivity index (χ4n) is 3.46. The van der Waals surface area contributed by atoms with Gasteiger partial charge in [0.05, 0.1) is 36.0 Å². The van der Waals surface area contributed by atoms with Gasteiger partial charge < -0.3 is 4.74 Å². The Morgan fingerprint density at radius 1 is 1.39 bits per heavy atom. The maximum atomic E-state index is 11.8. The lowest BCUT2D eigenvalue weighted by Crippen LogP contribution is -2.54. The zero-order valence-electron chi connectivity index (χ0n) is 14.4. The first kappa shape index (κ1) is 16.9. The molecule has 7 heteroatoms. The third-order valence-electron chi connectivity index (χ3n) is 5.10. The summed E-state index contributed by atoms with van der Waals surface area (Å²) in [6, 6.07) is 0. The molecule has 0 unspecified atom stereocenters. The van der Waals surface area contributed by atoms with E-state index in [1.807, 2.05) is 24.0 Å². The van der Waals surface area contributed by atoms with E-state index < -0.39 is 15.4 Å². The summed E-state index contributed by atoms with van der Waals surface area (Å²) >= 11 is 0. The number of ether oxygens (including phenoxy) is 1. The smallest absolute Gasteiger partial charge is 0.152 e. The second-order valence-corrected chi connectivity index (χ2v) is 10.1. The molecule has 2 saturated heterocycles. The van der Waals surface area contributed by atoms with Crippen LogP contribution in [0.25, 0.3) is 0 Å². The van der Waals surface area contributed by atoms with Gasteiger partial charge in [-0.3, -0.25) is 9.58 Å². The fraction of sp³-hybridized carbons (Fsp3) is 0.812. The van der Waals surface area contributed by atoms with Crippen molar-refractivity contribution >= 4 is 9.84 Å². The first-order valence-electron chi connectivity index (χ1n) is 8.21. The van der Waals surface area contributed by atoms with Crippen LogP contribution in [0.5, 0.6) is 0 Å². The molecular weight excluding hydrogens is 314 g/mol. The van der Waals surface area contributed by atoms with Crippen LogP contribution in [0, 0.1) is 0 Å². The van der Waals surface area contributed by atoms with Gasteiger partial charge in [0.1, 0.15) is 0 Å². The van der Waals surface area contributed by atoms with Crippen LogP contribution in [0.1, 0.15) is 39.7 Å². The SMILES string of the molecule is C[C@H]1CN(Cc2cnn([C@@]3(C)CCS(=O)(=O)C3)c2)C(C)(C)CO1. The topological polar surface area (TPSA) is 64.4 Å². The Labute approximate surface area is 138 Å². The molecule has 23 heavy (non-hydrogen) atoms. The van der Waals surface area contributed by atoms with E-state index in [1.165, 1.54) is 0 Å². The minimum absolute atomic E-state index is 0.00475. The van der Waals surface area contributed by atoms with Crippen LogP contribution in [0.3, 0.4) is 0 Å². The number of hydrogen-bond acceptors (Lipinski definition) is 5. The Kier molecular flexibility index (Phi) is 4.09. The van der Waals surface area contributed by atoms with E-state index >= 15 is 0 Å². The molecule has 2 aliphatic heterocycles. The molecule has 130 valence electrons. The quantitative estimate of drug-likeness (QED) is 0.832. The Balaban J connectivity index is 1.75. The molecule has 2 fully saturated rings. The molecule has 0 radical (unpaired) electrons. The highest BCUT2D eigenvalue weighted by Crippen LogP contribution is 2.31. The van der Waals surface area contributed by atoms with Crippen LogP contribution in [0.15, 0.2) is 12.4 Å². The lowest BCUT2D eigenvalue weighted by Gasteiger charge is -2.44. The molecule has 2 aliphatic rings. The van der Waals surface area contributed by atoms with E-state index in [4.69, 9.17) is 4.74 Å². The zero-order chi connectivity index (χ0) is 16.9. The molecule has 2 atom stereocenters. The van der Waals surface area contributed by atoms with Crippen LogP contribution in [-0.4, -0.2) is 59.4 Å². The van der Waals surface area contributed by atoms with Crippen molar-refractivity contribution < 1.29 is 13.2 Å². The van der Waals surface area contributed by atoms with Gasteiger partial charge in [-0.2, -0.15) is 5.10 Å². The summed E-state index contributed by atoms with van der Waals surface area (Å²) < 4.78 is 31.2. The normalized spacial score (nSPS) is 33.8. The number of hydrogen-bond donors (Lipinski definition) is 0. The maximum Gasteiger partial charge on any atom is 0.152 e. The lowest BCUT2D eigenvalue weighted by atomic mass is 10.0. The summed E-state index contributed by atoms with van der Waals surface area (Å²) in [4.78, 5) is 2.41. The van der Waals surface area contributed by atoms with Crippen molar-refractivity contribution in [1.82, 2.24) is 14.7 Å². The van der Waals surface area contributed by atoms with Crippen LogP contribution in [0.2, 0.25) is 0 Å². The molecule has 3 heterocycles. The number of aromatic nitrogens is 2. The average molecular weight is 341 g/mol. The van der Waals surface area contributed by atoms with Crippen LogP contribution in [-0.2, 0) is 26.7 Å². The standard InChI is InChI=1S/C16H27N3O3S/c1-13-8-18(15(2,3)11-22-13)9-14-7-17-19(10-14)16(4)5-6-23(20,21)12-16/h7,10,13H,5-6,8-9,11-12H2,1-4H3/t13-,16-/m0/s1.